The van der Waals surface area contributed by atoms with Gasteiger partial charge in [-0.1, -0.05) is 68.8 Å². The third-order valence-corrected chi connectivity index (χ3v) is 7.73. The number of rotatable bonds is 13. The number of aromatic nitrogens is 1. The molecular formula is C30H31BrN2O6S. The van der Waals surface area contributed by atoms with Gasteiger partial charge >= 0.3 is 10.8 Å². The molecule has 0 aliphatic heterocycles. The molecule has 0 radical (unpaired) electrons. The van der Waals surface area contributed by atoms with Crippen LogP contribution in [-0.2, 0) is 32.1 Å². The van der Waals surface area contributed by atoms with E-state index in [1.165, 1.54) is 18.4 Å². The first-order chi connectivity index (χ1) is 19.4. The van der Waals surface area contributed by atoms with Crippen molar-refractivity contribution in [2.75, 3.05) is 26.9 Å². The molecule has 0 amide bonds. The molecule has 210 valence electrons. The average Bonchev–Trinajstić information content (AvgIpc) is 3.27. The molecule has 0 saturated carbocycles. The minimum absolute atomic E-state index is 0.0573. The van der Waals surface area contributed by atoms with Crippen LogP contribution in [0.4, 0.5) is 0 Å². The van der Waals surface area contributed by atoms with Crippen LogP contribution in [0.3, 0.4) is 0 Å². The van der Waals surface area contributed by atoms with Gasteiger partial charge in [0.1, 0.15) is 25.2 Å². The Labute approximate surface area is 245 Å². The SMILES string of the molecule is CCOC(=O)C(Cc1ccc(OCCn2c(=O)sc3cc(/C(=N\OC)c4ccccc4Br)ccc32)cc1)OCC. The molecule has 1 unspecified atom stereocenters. The van der Waals surface area contributed by atoms with E-state index in [-0.39, 0.29) is 10.8 Å². The molecule has 10 heteroatoms. The van der Waals surface area contributed by atoms with Crippen LogP contribution >= 0.6 is 27.3 Å². The molecule has 1 aromatic heterocycles. The standard InChI is InChI=1S/C30H31BrN2O6S/c1-4-37-26(29(34)38-5-2)18-20-10-13-22(14-11-20)39-17-16-33-25-15-12-21(19-27(25)40-30(33)35)28(32-36-3)23-8-6-7-9-24(23)31/h6-15,19,26H,4-5,16-18H2,1-3H3/b32-28+. The summed E-state index contributed by atoms with van der Waals surface area (Å²) in [6.45, 7) is 5.09. The van der Waals surface area contributed by atoms with Gasteiger partial charge in [0.05, 0.1) is 23.4 Å². The van der Waals surface area contributed by atoms with Crippen LogP contribution in [0.1, 0.15) is 30.5 Å². The molecular weight excluding hydrogens is 596 g/mol. The Hall–Kier alpha value is -3.47. The highest BCUT2D eigenvalue weighted by Crippen LogP contribution is 2.25. The number of esters is 1. The number of benzene rings is 3. The summed E-state index contributed by atoms with van der Waals surface area (Å²) >= 11 is 4.77. The van der Waals surface area contributed by atoms with E-state index in [0.717, 1.165) is 31.4 Å². The lowest BCUT2D eigenvalue weighted by Gasteiger charge is -2.16. The second-order valence-corrected chi connectivity index (χ2v) is 10.5. The van der Waals surface area contributed by atoms with Crippen LogP contribution in [0.25, 0.3) is 10.2 Å². The van der Waals surface area contributed by atoms with E-state index in [1.807, 2.05) is 73.7 Å². The fourth-order valence-corrected chi connectivity index (χ4v) is 5.69. The Bertz CT molecular complexity index is 1530. The predicted molar refractivity (Wildman–Crippen MR) is 161 cm³/mol. The minimum atomic E-state index is -0.637. The van der Waals surface area contributed by atoms with E-state index in [4.69, 9.17) is 19.0 Å². The van der Waals surface area contributed by atoms with Gasteiger partial charge in [-0.25, -0.2) is 4.79 Å². The number of hydrogen-bond acceptors (Lipinski definition) is 8. The number of oxime groups is 1. The number of halogens is 1. The molecule has 0 saturated heterocycles. The number of ether oxygens (including phenoxy) is 3. The van der Waals surface area contributed by atoms with Gasteiger partial charge in [-0.2, -0.15) is 0 Å². The molecule has 4 rings (SSSR count). The predicted octanol–water partition coefficient (Wildman–Crippen LogP) is 5.81. The average molecular weight is 628 g/mol. The van der Waals surface area contributed by atoms with Crippen LogP contribution in [0.5, 0.6) is 5.75 Å². The summed E-state index contributed by atoms with van der Waals surface area (Å²) in [6.07, 6.45) is -0.217. The molecule has 0 spiro atoms. The molecule has 8 nitrogen and oxygen atoms in total. The second-order valence-electron chi connectivity index (χ2n) is 8.70. The molecule has 40 heavy (non-hydrogen) atoms. The van der Waals surface area contributed by atoms with Crippen molar-refractivity contribution in [2.24, 2.45) is 5.16 Å². The van der Waals surface area contributed by atoms with Crippen LogP contribution < -0.4 is 9.61 Å². The zero-order valence-corrected chi connectivity index (χ0v) is 25.0. The summed E-state index contributed by atoms with van der Waals surface area (Å²) < 4.78 is 20.1. The van der Waals surface area contributed by atoms with Gasteiger partial charge in [0.25, 0.3) is 0 Å². The largest absolute Gasteiger partial charge is 0.492 e. The van der Waals surface area contributed by atoms with Gasteiger partial charge in [-0.15, -0.1) is 0 Å². The molecule has 3 aromatic carbocycles. The monoisotopic (exact) mass is 626 g/mol. The minimum Gasteiger partial charge on any atom is -0.492 e. The Kier molecular flexibility index (Phi) is 10.5. The van der Waals surface area contributed by atoms with Gasteiger partial charge in [0.15, 0.2) is 6.10 Å². The summed E-state index contributed by atoms with van der Waals surface area (Å²) in [6, 6.07) is 21.1. The van der Waals surface area contributed by atoms with Crippen molar-refractivity contribution in [1.82, 2.24) is 4.57 Å². The Balaban J connectivity index is 1.43. The Morgan fingerprint density at radius 3 is 2.52 bits per heavy atom. The summed E-state index contributed by atoms with van der Waals surface area (Å²) in [7, 11) is 1.51. The zero-order chi connectivity index (χ0) is 28.5. The quantitative estimate of drug-likeness (QED) is 0.106. The lowest BCUT2D eigenvalue weighted by molar-refractivity contribution is -0.156. The van der Waals surface area contributed by atoms with Crippen LogP contribution in [0.2, 0.25) is 0 Å². The number of thiazole rings is 1. The fraction of sp³-hybridized carbons (Fsp3) is 0.300. The van der Waals surface area contributed by atoms with Crippen molar-refractivity contribution in [3.63, 3.8) is 0 Å². The molecule has 0 N–H and O–H groups in total. The lowest BCUT2D eigenvalue weighted by Crippen LogP contribution is -2.28. The molecule has 1 heterocycles. The Morgan fingerprint density at radius 2 is 1.82 bits per heavy atom. The third kappa shape index (κ3) is 7.18. The van der Waals surface area contributed by atoms with Gasteiger partial charge in [0, 0.05) is 28.6 Å². The third-order valence-electron chi connectivity index (χ3n) is 6.10. The van der Waals surface area contributed by atoms with Crippen molar-refractivity contribution >= 4 is 49.2 Å². The maximum atomic E-state index is 12.8. The van der Waals surface area contributed by atoms with Gasteiger partial charge < -0.3 is 19.0 Å². The summed E-state index contributed by atoms with van der Waals surface area (Å²) in [5, 5.41) is 4.25. The molecule has 0 bridgehead atoms. The maximum absolute atomic E-state index is 12.8. The topological polar surface area (TPSA) is 88.4 Å². The highest BCUT2D eigenvalue weighted by Gasteiger charge is 2.20. The van der Waals surface area contributed by atoms with E-state index in [1.54, 1.807) is 11.5 Å². The lowest BCUT2D eigenvalue weighted by atomic mass is 10.0. The number of carbonyl (C=O) groups excluding carboxylic acids is 1. The van der Waals surface area contributed by atoms with E-state index >= 15 is 0 Å². The van der Waals surface area contributed by atoms with Gasteiger partial charge in [-0.05, 0) is 49.7 Å². The second kappa shape index (κ2) is 14.2. The van der Waals surface area contributed by atoms with Gasteiger partial charge in [0.2, 0.25) is 0 Å². The molecule has 0 aliphatic carbocycles. The molecule has 0 fully saturated rings. The number of fused-ring (bicyclic) bond motifs is 1. The summed E-state index contributed by atoms with van der Waals surface area (Å²) in [5.74, 6) is 0.317. The number of nitrogens with zero attached hydrogens (tertiary/aromatic N) is 2. The zero-order valence-electron chi connectivity index (χ0n) is 22.6. The summed E-state index contributed by atoms with van der Waals surface area (Å²) in [4.78, 5) is 30.0. The number of hydrogen-bond donors (Lipinski definition) is 0. The van der Waals surface area contributed by atoms with E-state index < -0.39 is 6.10 Å². The first-order valence-corrected chi connectivity index (χ1v) is 14.6. The van der Waals surface area contributed by atoms with Crippen molar-refractivity contribution in [2.45, 2.75) is 32.9 Å². The van der Waals surface area contributed by atoms with E-state index in [2.05, 4.69) is 21.1 Å². The van der Waals surface area contributed by atoms with Crippen molar-refractivity contribution < 1.29 is 23.8 Å². The number of carbonyl (C=O) groups is 1. The smallest absolute Gasteiger partial charge is 0.335 e. The van der Waals surface area contributed by atoms with Crippen molar-refractivity contribution in [3.05, 3.63) is 97.6 Å². The Morgan fingerprint density at radius 1 is 1.05 bits per heavy atom. The summed E-state index contributed by atoms with van der Waals surface area (Å²) in [5.41, 5.74) is 4.19. The molecule has 1 atom stereocenters. The van der Waals surface area contributed by atoms with Crippen LogP contribution in [-0.4, -0.2) is 49.3 Å². The molecule has 4 aromatic rings. The fourth-order valence-electron chi connectivity index (χ4n) is 4.26. The maximum Gasteiger partial charge on any atom is 0.335 e. The van der Waals surface area contributed by atoms with Crippen molar-refractivity contribution in [3.8, 4) is 5.75 Å². The molecule has 0 aliphatic rings. The van der Waals surface area contributed by atoms with E-state index in [0.29, 0.717) is 44.2 Å². The van der Waals surface area contributed by atoms with Gasteiger partial charge in [-0.3, -0.25) is 9.36 Å². The highest BCUT2D eigenvalue weighted by atomic mass is 79.9. The first kappa shape index (κ1) is 29.5. The first-order valence-electron chi connectivity index (χ1n) is 12.9. The van der Waals surface area contributed by atoms with Crippen LogP contribution in [0, 0.1) is 0 Å². The van der Waals surface area contributed by atoms with E-state index in [9.17, 15) is 9.59 Å². The van der Waals surface area contributed by atoms with Crippen molar-refractivity contribution in [1.29, 1.82) is 0 Å². The highest BCUT2D eigenvalue weighted by molar-refractivity contribution is 9.10. The van der Waals surface area contributed by atoms with Crippen LogP contribution in [0.15, 0.2) is 81.2 Å². The normalized spacial score (nSPS) is 12.3.